The van der Waals surface area contributed by atoms with Gasteiger partial charge in [0.25, 0.3) is 0 Å². The summed E-state index contributed by atoms with van der Waals surface area (Å²) in [6, 6.07) is 2.29. The van der Waals surface area contributed by atoms with E-state index in [-0.39, 0.29) is 5.54 Å². The summed E-state index contributed by atoms with van der Waals surface area (Å²) in [5.41, 5.74) is 6.55. The molecule has 0 bridgehead atoms. The molecule has 0 radical (unpaired) electrons. The van der Waals surface area contributed by atoms with E-state index in [0.717, 1.165) is 12.6 Å². The Labute approximate surface area is 124 Å². The van der Waals surface area contributed by atoms with Crippen molar-refractivity contribution >= 4 is 0 Å². The Morgan fingerprint density at radius 1 is 1.25 bits per heavy atom. The molecule has 3 unspecified atom stereocenters. The second-order valence-corrected chi connectivity index (χ2v) is 7.64. The third-order valence-corrected chi connectivity index (χ3v) is 5.68. The van der Waals surface area contributed by atoms with E-state index >= 15 is 0 Å². The molecular weight excluding hydrogens is 248 g/mol. The fourth-order valence-electron chi connectivity index (χ4n) is 4.67. The Bertz CT molecular complexity index is 341. The number of likely N-dealkylation sites (tertiary alicyclic amines) is 2. The second-order valence-electron chi connectivity index (χ2n) is 7.64. The summed E-state index contributed by atoms with van der Waals surface area (Å²) in [6.07, 6.45) is 6.78. The summed E-state index contributed by atoms with van der Waals surface area (Å²) in [5, 5.41) is 0. The number of likely N-dealkylation sites (N-methyl/N-ethyl adjacent to an activating group) is 1. The van der Waals surface area contributed by atoms with Crippen LogP contribution in [0.5, 0.6) is 0 Å². The Kier molecular flexibility index (Phi) is 4.10. The van der Waals surface area contributed by atoms with Crippen molar-refractivity contribution in [2.45, 2.75) is 62.7 Å². The van der Waals surface area contributed by atoms with Crippen LogP contribution >= 0.6 is 0 Å². The van der Waals surface area contributed by atoms with Crippen molar-refractivity contribution in [2.75, 3.05) is 40.3 Å². The predicted octanol–water partition coefficient (Wildman–Crippen LogP) is 0.967. The van der Waals surface area contributed by atoms with Crippen molar-refractivity contribution in [1.82, 2.24) is 14.7 Å². The largest absolute Gasteiger partial charge is 0.329 e. The highest BCUT2D eigenvalue weighted by atomic mass is 15.4. The maximum absolute atomic E-state index is 6.30. The van der Waals surface area contributed by atoms with Gasteiger partial charge in [-0.1, -0.05) is 0 Å². The number of hydrogen-bond acceptors (Lipinski definition) is 4. The number of nitrogens with zero attached hydrogens (tertiary/aromatic N) is 3. The molecule has 3 fully saturated rings. The lowest BCUT2D eigenvalue weighted by atomic mass is 9.93. The first-order valence-electron chi connectivity index (χ1n) is 8.43. The van der Waals surface area contributed by atoms with Crippen LogP contribution in [0.2, 0.25) is 0 Å². The van der Waals surface area contributed by atoms with E-state index in [0.29, 0.717) is 12.1 Å². The summed E-state index contributed by atoms with van der Waals surface area (Å²) in [4.78, 5) is 7.87. The van der Waals surface area contributed by atoms with Gasteiger partial charge in [0.05, 0.1) is 0 Å². The minimum atomic E-state index is 0.249. The molecule has 4 nitrogen and oxygen atoms in total. The van der Waals surface area contributed by atoms with E-state index in [1.165, 1.54) is 51.7 Å². The monoisotopic (exact) mass is 280 g/mol. The lowest BCUT2D eigenvalue weighted by Crippen LogP contribution is -2.58. The van der Waals surface area contributed by atoms with Gasteiger partial charge in [-0.05, 0) is 59.7 Å². The zero-order valence-corrected chi connectivity index (χ0v) is 13.5. The molecule has 2 N–H and O–H groups in total. The maximum Gasteiger partial charge on any atom is 0.0476 e. The first-order chi connectivity index (χ1) is 9.55. The van der Waals surface area contributed by atoms with Crippen LogP contribution in [-0.2, 0) is 0 Å². The van der Waals surface area contributed by atoms with Crippen LogP contribution in [0.15, 0.2) is 0 Å². The molecule has 4 heteroatoms. The van der Waals surface area contributed by atoms with Gasteiger partial charge < -0.3 is 10.6 Å². The van der Waals surface area contributed by atoms with E-state index in [9.17, 15) is 0 Å². The lowest BCUT2D eigenvalue weighted by Gasteiger charge is -2.42. The van der Waals surface area contributed by atoms with Gasteiger partial charge in [-0.25, -0.2) is 0 Å². The van der Waals surface area contributed by atoms with Gasteiger partial charge in [-0.2, -0.15) is 0 Å². The molecule has 2 aliphatic heterocycles. The van der Waals surface area contributed by atoms with Crippen molar-refractivity contribution in [1.29, 1.82) is 0 Å². The molecule has 1 aliphatic carbocycles. The summed E-state index contributed by atoms with van der Waals surface area (Å²) in [6.45, 7) is 6.87. The Hall–Kier alpha value is -0.160. The minimum absolute atomic E-state index is 0.249. The molecule has 1 saturated carbocycles. The molecule has 0 amide bonds. The standard InChI is InChI=1S/C16H32N4/c1-13-9-16(11-17,12-19(13)14-6-7-14)20-8-4-5-15(20)10-18(2)3/h13-15H,4-12,17H2,1-3H3. The van der Waals surface area contributed by atoms with Crippen LogP contribution in [0, 0.1) is 0 Å². The van der Waals surface area contributed by atoms with Crippen molar-refractivity contribution in [3.8, 4) is 0 Å². The van der Waals surface area contributed by atoms with Gasteiger partial charge in [-0.3, -0.25) is 9.80 Å². The molecule has 0 spiro atoms. The third-order valence-electron chi connectivity index (χ3n) is 5.68. The molecule has 0 aromatic heterocycles. The molecule has 0 aromatic carbocycles. The zero-order chi connectivity index (χ0) is 14.3. The fraction of sp³-hybridized carbons (Fsp3) is 1.00. The molecule has 116 valence electrons. The summed E-state index contributed by atoms with van der Waals surface area (Å²) in [5.74, 6) is 0. The van der Waals surface area contributed by atoms with Crippen molar-refractivity contribution in [3.63, 3.8) is 0 Å². The lowest BCUT2D eigenvalue weighted by molar-refractivity contribution is 0.0719. The van der Waals surface area contributed by atoms with E-state index in [1.807, 2.05) is 0 Å². The highest BCUT2D eigenvalue weighted by Crippen LogP contribution is 2.41. The van der Waals surface area contributed by atoms with Gasteiger partial charge in [-0.15, -0.1) is 0 Å². The SMILES string of the molecule is CC1CC(CN)(N2CCCC2CN(C)C)CN1C1CC1. The van der Waals surface area contributed by atoms with Crippen molar-refractivity contribution < 1.29 is 0 Å². The number of hydrogen-bond donors (Lipinski definition) is 1. The maximum atomic E-state index is 6.30. The van der Waals surface area contributed by atoms with Crippen molar-refractivity contribution in [3.05, 3.63) is 0 Å². The molecule has 3 rings (SSSR count). The molecule has 2 saturated heterocycles. The topological polar surface area (TPSA) is 35.7 Å². The Balaban J connectivity index is 1.74. The Morgan fingerprint density at radius 3 is 2.60 bits per heavy atom. The minimum Gasteiger partial charge on any atom is -0.329 e. The van der Waals surface area contributed by atoms with Crippen LogP contribution in [0.4, 0.5) is 0 Å². The molecule has 20 heavy (non-hydrogen) atoms. The zero-order valence-electron chi connectivity index (χ0n) is 13.5. The van der Waals surface area contributed by atoms with E-state index in [2.05, 4.69) is 35.7 Å². The first kappa shape index (κ1) is 14.8. The molecular formula is C16H32N4. The summed E-state index contributed by atoms with van der Waals surface area (Å²) in [7, 11) is 4.39. The third kappa shape index (κ3) is 2.63. The van der Waals surface area contributed by atoms with Crippen LogP contribution < -0.4 is 5.73 Å². The summed E-state index contributed by atoms with van der Waals surface area (Å²) < 4.78 is 0. The molecule has 2 heterocycles. The number of nitrogens with two attached hydrogens (primary N) is 1. The predicted molar refractivity (Wildman–Crippen MR) is 83.9 cm³/mol. The molecule has 3 atom stereocenters. The highest BCUT2D eigenvalue weighted by Gasteiger charge is 2.51. The van der Waals surface area contributed by atoms with Gasteiger partial charge in [0, 0.05) is 43.3 Å². The average molecular weight is 280 g/mol. The first-order valence-corrected chi connectivity index (χ1v) is 8.43. The summed E-state index contributed by atoms with van der Waals surface area (Å²) >= 11 is 0. The quantitative estimate of drug-likeness (QED) is 0.814. The Morgan fingerprint density at radius 2 is 2.00 bits per heavy atom. The molecule has 3 aliphatic rings. The van der Waals surface area contributed by atoms with E-state index in [1.54, 1.807) is 0 Å². The number of rotatable bonds is 5. The fourth-order valence-corrected chi connectivity index (χ4v) is 4.67. The van der Waals surface area contributed by atoms with Crippen LogP contribution in [-0.4, -0.2) is 78.6 Å². The van der Waals surface area contributed by atoms with Gasteiger partial charge in [0.1, 0.15) is 0 Å². The van der Waals surface area contributed by atoms with Crippen LogP contribution in [0.25, 0.3) is 0 Å². The van der Waals surface area contributed by atoms with Gasteiger partial charge >= 0.3 is 0 Å². The van der Waals surface area contributed by atoms with E-state index < -0.39 is 0 Å². The van der Waals surface area contributed by atoms with Gasteiger partial charge in [0.15, 0.2) is 0 Å². The second kappa shape index (κ2) is 5.56. The average Bonchev–Trinajstić information content (AvgIpc) is 3.04. The van der Waals surface area contributed by atoms with Gasteiger partial charge in [0.2, 0.25) is 0 Å². The van der Waals surface area contributed by atoms with Crippen molar-refractivity contribution in [2.24, 2.45) is 5.73 Å². The highest BCUT2D eigenvalue weighted by molar-refractivity contribution is 5.09. The molecule has 0 aromatic rings. The van der Waals surface area contributed by atoms with E-state index in [4.69, 9.17) is 5.73 Å². The smallest absolute Gasteiger partial charge is 0.0476 e. The van der Waals surface area contributed by atoms with Crippen LogP contribution in [0.3, 0.4) is 0 Å². The van der Waals surface area contributed by atoms with Crippen LogP contribution in [0.1, 0.15) is 39.0 Å². The normalized spacial score (nSPS) is 40.0.